The second-order valence-electron chi connectivity index (χ2n) is 6.43. The molecule has 0 saturated carbocycles. The zero-order valence-corrected chi connectivity index (χ0v) is 14.4. The van der Waals surface area contributed by atoms with Crippen LogP contribution in [0.2, 0.25) is 0 Å². The minimum absolute atomic E-state index is 0.135. The average molecular weight is 340 g/mol. The molecule has 2 aromatic rings. The third-order valence-electron chi connectivity index (χ3n) is 4.53. The molecule has 5 heteroatoms. The van der Waals surface area contributed by atoms with E-state index in [0.29, 0.717) is 24.5 Å². The Kier molecular flexibility index (Phi) is 5.56. The van der Waals surface area contributed by atoms with Crippen LogP contribution in [0.1, 0.15) is 19.8 Å². The summed E-state index contributed by atoms with van der Waals surface area (Å²) in [5.74, 6) is 1.46. The van der Waals surface area contributed by atoms with Crippen LogP contribution in [0, 0.1) is 5.92 Å². The predicted molar refractivity (Wildman–Crippen MR) is 98.0 cm³/mol. The van der Waals surface area contributed by atoms with Gasteiger partial charge in [0.05, 0.1) is 11.8 Å². The molecule has 25 heavy (non-hydrogen) atoms. The number of para-hydroxylation sites is 3. The molecule has 0 spiro atoms. The number of hydrogen-bond donors (Lipinski definition) is 2. The quantitative estimate of drug-likeness (QED) is 0.881. The van der Waals surface area contributed by atoms with Crippen molar-refractivity contribution in [1.82, 2.24) is 4.90 Å². The third kappa shape index (κ3) is 4.51. The SMILES string of the molecule is C[C@H](O)[C@H]1CCCN(C(=O)Nc2ccccc2Oc2ccccc2)C1. The summed E-state index contributed by atoms with van der Waals surface area (Å²) in [4.78, 5) is 14.4. The fourth-order valence-electron chi connectivity index (χ4n) is 3.06. The molecule has 2 atom stereocenters. The summed E-state index contributed by atoms with van der Waals surface area (Å²) in [6.07, 6.45) is 1.46. The molecule has 1 heterocycles. The van der Waals surface area contributed by atoms with Crippen molar-refractivity contribution >= 4 is 11.7 Å². The lowest BCUT2D eigenvalue weighted by molar-refractivity contribution is 0.0766. The predicted octanol–water partition coefficient (Wildman–Crippen LogP) is 4.10. The van der Waals surface area contributed by atoms with Crippen LogP contribution < -0.4 is 10.1 Å². The number of amides is 2. The number of hydrogen-bond acceptors (Lipinski definition) is 3. The number of nitrogens with zero attached hydrogens (tertiary/aromatic N) is 1. The van der Waals surface area contributed by atoms with E-state index < -0.39 is 6.10 Å². The number of aliphatic hydroxyl groups excluding tert-OH is 1. The lowest BCUT2D eigenvalue weighted by Gasteiger charge is -2.34. The Morgan fingerprint density at radius 3 is 2.68 bits per heavy atom. The number of aliphatic hydroxyl groups is 1. The highest BCUT2D eigenvalue weighted by atomic mass is 16.5. The van der Waals surface area contributed by atoms with Gasteiger partial charge >= 0.3 is 6.03 Å². The van der Waals surface area contributed by atoms with E-state index in [0.717, 1.165) is 18.6 Å². The Hall–Kier alpha value is -2.53. The highest BCUT2D eigenvalue weighted by Gasteiger charge is 2.26. The van der Waals surface area contributed by atoms with Gasteiger partial charge in [0, 0.05) is 19.0 Å². The highest BCUT2D eigenvalue weighted by Crippen LogP contribution is 2.30. The van der Waals surface area contributed by atoms with Crippen LogP contribution in [-0.4, -0.2) is 35.2 Å². The fourth-order valence-corrected chi connectivity index (χ4v) is 3.06. The van der Waals surface area contributed by atoms with E-state index in [1.165, 1.54) is 0 Å². The number of urea groups is 1. The second-order valence-corrected chi connectivity index (χ2v) is 6.43. The molecule has 2 amide bonds. The van der Waals surface area contributed by atoms with Gasteiger partial charge in [-0.1, -0.05) is 30.3 Å². The van der Waals surface area contributed by atoms with Gasteiger partial charge in [-0.25, -0.2) is 4.79 Å². The van der Waals surface area contributed by atoms with Crippen LogP contribution in [-0.2, 0) is 0 Å². The van der Waals surface area contributed by atoms with Crippen molar-refractivity contribution in [2.24, 2.45) is 5.92 Å². The van der Waals surface area contributed by atoms with E-state index >= 15 is 0 Å². The number of piperidine rings is 1. The number of ether oxygens (including phenoxy) is 1. The zero-order chi connectivity index (χ0) is 17.6. The molecule has 3 rings (SSSR count). The zero-order valence-electron chi connectivity index (χ0n) is 14.4. The van der Waals surface area contributed by atoms with Gasteiger partial charge in [-0.2, -0.15) is 0 Å². The summed E-state index contributed by atoms with van der Waals surface area (Å²) in [7, 11) is 0. The molecule has 0 bridgehead atoms. The number of anilines is 1. The van der Waals surface area contributed by atoms with Gasteiger partial charge in [0.2, 0.25) is 0 Å². The van der Waals surface area contributed by atoms with Crippen molar-refractivity contribution < 1.29 is 14.6 Å². The first-order chi connectivity index (χ1) is 12.1. The van der Waals surface area contributed by atoms with Crippen LogP contribution in [0.15, 0.2) is 54.6 Å². The molecular formula is C20H24N2O3. The van der Waals surface area contributed by atoms with E-state index in [-0.39, 0.29) is 11.9 Å². The minimum Gasteiger partial charge on any atom is -0.455 e. The summed E-state index contributed by atoms with van der Waals surface area (Å²) in [6.45, 7) is 3.07. The number of benzene rings is 2. The summed E-state index contributed by atoms with van der Waals surface area (Å²) in [5.41, 5.74) is 0.635. The molecular weight excluding hydrogens is 316 g/mol. The van der Waals surface area contributed by atoms with Crippen LogP contribution >= 0.6 is 0 Å². The number of rotatable bonds is 4. The lowest BCUT2D eigenvalue weighted by atomic mass is 9.94. The minimum atomic E-state index is -0.399. The standard InChI is InChI=1S/C20H24N2O3/c1-15(23)16-8-7-13-22(14-16)20(24)21-18-11-5-6-12-19(18)25-17-9-3-2-4-10-17/h2-6,9-12,15-16,23H,7-8,13-14H2,1H3,(H,21,24)/t15-,16-/m0/s1. The Balaban J connectivity index is 1.69. The Labute approximate surface area is 148 Å². The Morgan fingerprint density at radius 1 is 1.20 bits per heavy atom. The fraction of sp³-hybridized carbons (Fsp3) is 0.350. The van der Waals surface area contributed by atoms with Crippen LogP contribution in [0.5, 0.6) is 11.5 Å². The molecule has 1 aliphatic rings. The first-order valence-corrected chi connectivity index (χ1v) is 8.69. The molecule has 1 aliphatic heterocycles. The summed E-state index contributed by atoms with van der Waals surface area (Å²) >= 11 is 0. The smallest absolute Gasteiger partial charge is 0.321 e. The molecule has 0 unspecified atom stereocenters. The van der Waals surface area contributed by atoms with Crippen molar-refractivity contribution in [2.75, 3.05) is 18.4 Å². The van der Waals surface area contributed by atoms with E-state index in [2.05, 4.69) is 5.32 Å². The molecule has 1 fully saturated rings. The van der Waals surface area contributed by atoms with Gasteiger partial charge in [0.1, 0.15) is 5.75 Å². The first kappa shape index (κ1) is 17.3. The molecule has 2 N–H and O–H groups in total. The van der Waals surface area contributed by atoms with E-state index in [4.69, 9.17) is 4.74 Å². The van der Waals surface area contributed by atoms with Gasteiger partial charge in [-0.15, -0.1) is 0 Å². The van der Waals surface area contributed by atoms with Crippen molar-refractivity contribution in [3.63, 3.8) is 0 Å². The normalized spacial score (nSPS) is 18.5. The number of likely N-dealkylation sites (tertiary alicyclic amines) is 1. The van der Waals surface area contributed by atoms with Gasteiger partial charge in [-0.05, 0) is 44.0 Å². The molecule has 0 aliphatic carbocycles. The van der Waals surface area contributed by atoms with E-state index in [9.17, 15) is 9.90 Å². The Bertz CT molecular complexity index is 703. The maximum absolute atomic E-state index is 12.6. The average Bonchev–Trinajstić information content (AvgIpc) is 2.64. The van der Waals surface area contributed by atoms with Crippen LogP contribution in [0.4, 0.5) is 10.5 Å². The first-order valence-electron chi connectivity index (χ1n) is 8.69. The Morgan fingerprint density at radius 2 is 1.92 bits per heavy atom. The molecule has 5 nitrogen and oxygen atoms in total. The second kappa shape index (κ2) is 8.03. The van der Waals surface area contributed by atoms with Gasteiger partial charge in [0.15, 0.2) is 5.75 Å². The summed E-state index contributed by atoms with van der Waals surface area (Å²) in [5, 5.41) is 12.7. The molecule has 132 valence electrons. The molecule has 1 saturated heterocycles. The number of nitrogens with one attached hydrogen (secondary N) is 1. The van der Waals surface area contributed by atoms with Gasteiger partial charge < -0.3 is 20.1 Å². The number of carbonyl (C=O) groups excluding carboxylic acids is 1. The number of carbonyl (C=O) groups is 1. The van der Waals surface area contributed by atoms with Crippen LogP contribution in [0.3, 0.4) is 0 Å². The molecule has 0 aromatic heterocycles. The van der Waals surface area contributed by atoms with Gasteiger partial charge in [-0.3, -0.25) is 0 Å². The topological polar surface area (TPSA) is 61.8 Å². The van der Waals surface area contributed by atoms with Crippen molar-refractivity contribution in [3.8, 4) is 11.5 Å². The summed E-state index contributed by atoms with van der Waals surface area (Å²) in [6, 6.07) is 16.7. The van der Waals surface area contributed by atoms with E-state index in [1.807, 2.05) is 54.6 Å². The van der Waals surface area contributed by atoms with Gasteiger partial charge in [0.25, 0.3) is 0 Å². The van der Waals surface area contributed by atoms with E-state index in [1.54, 1.807) is 11.8 Å². The third-order valence-corrected chi connectivity index (χ3v) is 4.53. The van der Waals surface area contributed by atoms with Crippen molar-refractivity contribution in [1.29, 1.82) is 0 Å². The maximum Gasteiger partial charge on any atom is 0.321 e. The highest BCUT2D eigenvalue weighted by molar-refractivity contribution is 5.91. The maximum atomic E-state index is 12.6. The largest absolute Gasteiger partial charge is 0.455 e. The van der Waals surface area contributed by atoms with Crippen LogP contribution in [0.25, 0.3) is 0 Å². The lowest BCUT2D eigenvalue weighted by Crippen LogP contribution is -2.44. The monoisotopic (exact) mass is 340 g/mol. The summed E-state index contributed by atoms with van der Waals surface area (Å²) < 4.78 is 5.88. The molecule has 0 radical (unpaired) electrons. The van der Waals surface area contributed by atoms with Crippen molar-refractivity contribution in [3.05, 3.63) is 54.6 Å². The molecule has 2 aromatic carbocycles. The van der Waals surface area contributed by atoms with Crippen molar-refractivity contribution in [2.45, 2.75) is 25.9 Å².